The summed E-state index contributed by atoms with van der Waals surface area (Å²) >= 11 is 0. The van der Waals surface area contributed by atoms with Crippen LogP contribution in [0.15, 0.2) is 42.6 Å². The lowest BCUT2D eigenvalue weighted by Crippen LogP contribution is -2.31. The van der Waals surface area contributed by atoms with E-state index in [2.05, 4.69) is 51.6 Å². The number of aromatic amines is 1. The number of hydrogen-bond donors (Lipinski definition) is 2. The molecule has 0 aliphatic carbocycles. The second-order valence-corrected chi connectivity index (χ2v) is 7.48. The number of aromatic nitrogens is 3. The number of H-pyrrole nitrogens is 1. The third-order valence-corrected chi connectivity index (χ3v) is 5.80. The van der Waals surface area contributed by atoms with Crippen molar-refractivity contribution in [2.24, 2.45) is 0 Å². The molecular formula is C21H25N5. The van der Waals surface area contributed by atoms with E-state index in [4.69, 9.17) is 9.97 Å². The average molecular weight is 347 g/mol. The van der Waals surface area contributed by atoms with Crippen molar-refractivity contribution in [3.8, 4) is 0 Å². The summed E-state index contributed by atoms with van der Waals surface area (Å²) in [4.78, 5) is 15.6. The highest BCUT2D eigenvalue weighted by atomic mass is 15.3. The van der Waals surface area contributed by atoms with Crippen molar-refractivity contribution in [2.75, 3.05) is 24.5 Å². The first-order chi connectivity index (χ1) is 12.9. The summed E-state index contributed by atoms with van der Waals surface area (Å²) in [5.41, 5.74) is 4.73. The van der Waals surface area contributed by atoms with Crippen molar-refractivity contribution < 1.29 is 0 Å². The maximum Gasteiger partial charge on any atom is 0.226 e. The third-order valence-electron chi connectivity index (χ3n) is 5.80. The Balaban J connectivity index is 1.50. The normalized spacial score (nSPS) is 23.6. The predicted molar refractivity (Wildman–Crippen MR) is 104 cm³/mol. The first-order valence-electron chi connectivity index (χ1n) is 9.77. The molecule has 5 nitrogen and oxygen atoms in total. The van der Waals surface area contributed by atoms with Gasteiger partial charge >= 0.3 is 0 Å². The molecule has 0 saturated carbocycles. The zero-order chi connectivity index (χ0) is 17.3. The van der Waals surface area contributed by atoms with Crippen LogP contribution in [0.5, 0.6) is 0 Å². The number of nitrogens with one attached hydrogen (secondary N) is 2. The van der Waals surface area contributed by atoms with E-state index < -0.39 is 0 Å². The molecule has 2 saturated heterocycles. The van der Waals surface area contributed by atoms with Gasteiger partial charge in [-0.25, -0.2) is 9.97 Å². The molecule has 2 fully saturated rings. The molecule has 3 aromatic rings. The average Bonchev–Trinajstić information content (AvgIpc) is 3.40. The van der Waals surface area contributed by atoms with Gasteiger partial charge in [-0.3, -0.25) is 0 Å². The summed E-state index contributed by atoms with van der Waals surface area (Å²) in [6, 6.07) is 13.2. The minimum Gasteiger partial charge on any atom is -0.358 e. The molecule has 5 heteroatoms. The zero-order valence-electron chi connectivity index (χ0n) is 15.0. The number of anilines is 1. The number of hydrogen-bond acceptors (Lipinski definition) is 4. The minimum atomic E-state index is 0.394. The Hall–Kier alpha value is -2.40. The third kappa shape index (κ3) is 2.86. The van der Waals surface area contributed by atoms with Crippen LogP contribution in [0.4, 0.5) is 5.95 Å². The maximum atomic E-state index is 5.06. The number of benzene rings is 1. The number of fused-ring (bicyclic) bond motifs is 1. The first kappa shape index (κ1) is 15.8. The lowest BCUT2D eigenvalue weighted by Gasteiger charge is -2.31. The van der Waals surface area contributed by atoms with E-state index in [1.165, 1.54) is 24.1 Å². The smallest absolute Gasteiger partial charge is 0.226 e. The molecule has 2 aromatic heterocycles. The lowest BCUT2D eigenvalue weighted by atomic mass is 9.86. The molecule has 0 amide bonds. The molecule has 0 bridgehead atoms. The predicted octanol–water partition coefficient (Wildman–Crippen LogP) is 3.77. The van der Waals surface area contributed by atoms with Gasteiger partial charge in [-0.15, -0.1) is 0 Å². The van der Waals surface area contributed by atoms with Crippen LogP contribution in [-0.2, 0) is 0 Å². The largest absolute Gasteiger partial charge is 0.358 e. The highest BCUT2D eigenvalue weighted by molar-refractivity contribution is 5.79. The van der Waals surface area contributed by atoms with Crippen LogP contribution in [0.2, 0.25) is 0 Å². The molecule has 2 aliphatic heterocycles. The van der Waals surface area contributed by atoms with Crippen molar-refractivity contribution in [1.82, 2.24) is 20.3 Å². The fourth-order valence-electron chi connectivity index (χ4n) is 4.41. The Morgan fingerprint density at radius 3 is 2.69 bits per heavy atom. The molecule has 26 heavy (non-hydrogen) atoms. The number of piperidine rings is 1. The minimum absolute atomic E-state index is 0.394. The number of rotatable bonds is 3. The van der Waals surface area contributed by atoms with E-state index in [0.29, 0.717) is 12.0 Å². The highest BCUT2D eigenvalue weighted by Gasteiger charge is 2.28. The van der Waals surface area contributed by atoms with E-state index in [0.717, 1.165) is 49.5 Å². The van der Waals surface area contributed by atoms with Gasteiger partial charge in [0.15, 0.2) is 0 Å². The molecule has 4 heterocycles. The Morgan fingerprint density at radius 1 is 1.00 bits per heavy atom. The summed E-state index contributed by atoms with van der Waals surface area (Å²) in [5, 5.41) is 3.68. The maximum absolute atomic E-state index is 5.06. The lowest BCUT2D eigenvalue weighted by molar-refractivity contribution is 0.366. The van der Waals surface area contributed by atoms with Crippen molar-refractivity contribution in [3.05, 3.63) is 53.9 Å². The van der Waals surface area contributed by atoms with Crippen LogP contribution in [0.1, 0.15) is 48.9 Å². The quantitative estimate of drug-likeness (QED) is 0.757. The summed E-state index contributed by atoms with van der Waals surface area (Å²) < 4.78 is 0. The molecule has 2 unspecified atom stereocenters. The monoisotopic (exact) mass is 347 g/mol. The standard InChI is InChI=1S/C21H25N5/c1-2-6-15(7-3-1)18-14-16(8-10-22-18)19-20-17(9-11-23-20)24-21(25-19)26-12-4-5-13-26/h1-3,6-7,9,11,16,18,22-23H,4-5,8,10,12-14H2. The molecule has 1 aromatic carbocycles. The van der Waals surface area contributed by atoms with Gasteiger partial charge in [-0.05, 0) is 43.9 Å². The van der Waals surface area contributed by atoms with E-state index in [-0.39, 0.29) is 0 Å². The molecule has 0 spiro atoms. The molecule has 134 valence electrons. The van der Waals surface area contributed by atoms with Crippen molar-refractivity contribution in [3.63, 3.8) is 0 Å². The van der Waals surface area contributed by atoms with Crippen molar-refractivity contribution >= 4 is 17.0 Å². The van der Waals surface area contributed by atoms with E-state index in [1.54, 1.807) is 0 Å². The fourth-order valence-corrected chi connectivity index (χ4v) is 4.41. The van der Waals surface area contributed by atoms with Gasteiger partial charge in [0.25, 0.3) is 0 Å². The van der Waals surface area contributed by atoms with Crippen LogP contribution < -0.4 is 10.2 Å². The SMILES string of the molecule is c1ccc(C2CC(c3nc(N4CCCC4)nc4cc[nH]c34)CCN2)cc1. The van der Waals surface area contributed by atoms with Crippen LogP contribution in [0.3, 0.4) is 0 Å². The summed E-state index contributed by atoms with van der Waals surface area (Å²) in [7, 11) is 0. The Bertz CT molecular complexity index is 882. The summed E-state index contributed by atoms with van der Waals surface area (Å²) in [5.74, 6) is 1.37. The Morgan fingerprint density at radius 2 is 1.85 bits per heavy atom. The fraction of sp³-hybridized carbons (Fsp3) is 0.429. The van der Waals surface area contributed by atoms with E-state index in [1.807, 2.05) is 6.20 Å². The first-order valence-corrected chi connectivity index (χ1v) is 9.77. The Labute approximate surface area is 153 Å². The Kier molecular flexibility index (Phi) is 4.09. The molecular weight excluding hydrogens is 322 g/mol. The van der Waals surface area contributed by atoms with Crippen LogP contribution in [0, 0.1) is 0 Å². The second kappa shape index (κ2) is 6.72. The second-order valence-electron chi connectivity index (χ2n) is 7.48. The molecule has 2 atom stereocenters. The molecule has 5 rings (SSSR count). The topological polar surface area (TPSA) is 56.8 Å². The molecule has 0 radical (unpaired) electrons. The van der Waals surface area contributed by atoms with Crippen molar-refractivity contribution in [2.45, 2.75) is 37.6 Å². The molecule has 2 N–H and O–H groups in total. The van der Waals surface area contributed by atoms with Crippen LogP contribution in [-0.4, -0.2) is 34.6 Å². The van der Waals surface area contributed by atoms with E-state index in [9.17, 15) is 0 Å². The number of nitrogens with zero attached hydrogens (tertiary/aromatic N) is 3. The summed E-state index contributed by atoms with van der Waals surface area (Å²) in [6.45, 7) is 3.18. The zero-order valence-corrected chi connectivity index (χ0v) is 15.0. The van der Waals surface area contributed by atoms with Gasteiger partial charge in [-0.1, -0.05) is 30.3 Å². The van der Waals surface area contributed by atoms with E-state index >= 15 is 0 Å². The van der Waals surface area contributed by atoms with Gasteiger partial charge in [0.1, 0.15) is 0 Å². The van der Waals surface area contributed by atoms with Gasteiger partial charge in [0.05, 0.1) is 16.7 Å². The van der Waals surface area contributed by atoms with Gasteiger partial charge in [-0.2, -0.15) is 0 Å². The molecule has 2 aliphatic rings. The van der Waals surface area contributed by atoms with Crippen LogP contribution in [0.25, 0.3) is 11.0 Å². The van der Waals surface area contributed by atoms with Gasteiger partial charge < -0.3 is 15.2 Å². The van der Waals surface area contributed by atoms with Crippen LogP contribution >= 0.6 is 0 Å². The van der Waals surface area contributed by atoms with Crippen molar-refractivity contribution in [1.29, 1.82) is 0 Å². The van der Waals surface area contributed by atoms with Gasteiger partial charge in [0.2, 0.25) is 5.95 Å². The summed E-state index contributed by atoms with van der Waals surface area (Å²) in [6.07, 6.45) is 6.68. The highest BCUT2D eigenvalue weighted by Crippen LogP contribution is 2.36. The van der Waals surface area contributed by atoms with Gasteiger partial charge in [0, 0.05) is 31.2 Å².